The maximum absolute atomic E-state index is 12.5. The quantitative estimate of drug-likeness (QED) is 0.716. The fraction of sp³-hybridized carbons (Fsp3) is 0.350. The van der Waals surface area contributed by atoms with Gasteiger partial charge in [0.05, 0.1) is 17.8 Å². The lowest BCUT2D eigenvalue weighted by Crippen LogP contribution is -2.49. The fourth-order valence-corrected chi connectivity index (χ4v) is 4.58. The van der Waals surface area contributed by atoms with E-state index in [-0.39, 0.29) is 23.0 Å². The van der Waals surface area contributed by atoms with Crippen molar-refractivity contribution in [1.82, 2.24) is 4.90 Å². The Balaban J connectivity index is 1.52. The summed E-state index contributed by atoms with van der Waals surface area (Å²) in [6.45, 7) is 2.51. The highest BCUT2D eigenvalue weighted by atomic mass is 35.5. The number of nitrogens with zero attached hydrogens (tertiary/aromatic N) is 2. The van der Waals surface area contributed by atoms with Crippen molar-refractivity contribution in [3.05, 3.63) is 53.6 Å². The molecule has 0 N–H and O–H groups in total. The van der Waals surface area contributed by atoms with Crippen LogP contribution >= 0.6 is 11.6 Å². The van der Waals surface area contributed by atoms with E-state index >= 15 is 0 Å². The van der Waals surface area contributed by atoms with Crippen molar-refractivity contribution in [1.29, 1.82) is 0 Å². The molecule has 1 fully saturated rings. The van der Waals surface area contributed by atoms with E-state index in [1.807, 2.05) is 24.3 Å². The molecule has 1 saturated heterocycles. The zero-order valence-electron chi connectivity index (χ0n) is 15.7. The summed E-state index contributed by atoms with van der Waals surface area (Å²) < 4.78 is 30.0. The molecule has 2 aromatic rings. The van der Waals surface area contributed by atoms with E-state index in [1.54, 1.807) is 17.0 Å². The molecule has 0 aliphatic carbocycles. The van der Waals surface area contributed by atoms with Crippen LogP contribution in [0.1, 0.15) is 6.42 Å². The molecule has 0 saturated carbocycles. The summed E-state index contributed by atoms with van der Waals surface area (Å²) in [5, 5.41) is 0.680. The molecule has 0 aromatic heterocycles. The highest BCUT2D eigenvalue weighted by Gasteiger charge is 2.23. The highest BCUT2D eigenvalue weighted by Crippen LogP contribution is 2.21. The third-order valence-electron chi connectivity index (χ3n) is 4.81. The number of benzene rings is 2. The number of rotatable bonds is 6. The first kappa shape index (κ1) is 20.5. The summed E-state index contributed by atoms with van der Waals surface area (Å²) in [7, 11) is -1.98. The predicted octanol–water partition coefficient (Wildman–Crippen LogP) is 2.86. The SMILES string of the molecule is COc1ccc(S(=O)(=O)CCC(=O)N2CCN(c3cccc(Cl)c3)CC2)cc1. The van der Waals surface area contributed by atoms with E-state index in [1.165, 1.54) is 19.2 Å². The Bertz CT molecular complexity index is 923. The van der Waals surface area contributed by atoms with Crippen molar-refractivity contribution in [2.24, 2.45) is 0 Å². The average molecular weight is 423 g/mol. The minimum absolute atomic E-state index is 0.0223. The van der Waals surface area contributed by atoms with E-state index in [0.29, 0.717) is 37.0 Å². The lowest BCUT2D eigenvalue weighted by atomic mass is 10.2. The monoisotopic (exact) mass is 422 g/mol. The number of piperazine rings is 1. The van der Waals surface area contributed by atoms with Gasteiger partial charge in [0.2, 0.25) is 5.91 Å². The Morgan fingerprint density at radius 1 is 1.07 bits per heavy atom. The zero-order valence-corrected chi connectivity index (χ0v) is 17.2. The Kier molecular flexibility index (Phi) is 6.46. The van der Waals surface area contributed by atoms with Crippen molar-refractivity contribution in [3.8, 4) is 5.75 Å². The van der Waals surface area contributed by atoms with E-state index in [0.717, 1.165) is 5.69 Å². The van der Waals surface area contributed by atoms with Crippen LogP contribution in [0.5, 0.6) is 5.75 Å². The molecule has 1 heterocycles. The van der Waals surface area contributed by atoms with Crippen LogP contribution in [0.4, 0.5) is 5.69 Å². The van der Waals surface area contributed by atoms with Gasteiger partial charge in [-0.3, -0.25) is 4.79 Å². The summed E-state index contributed by atoms with van der Waals surface area (Å²) in [5.74, 6) is 0.252. The van der Waals surface area contributed by atoms with Gasteiger partial charge in [0.15, 0.2) is 9.84 Å². The lowest BCUT2D eigenvalue weighted by molar-refractivity contribution is -0.131. The van der Waals surface area contributed by atoms with Crippen LogP contribution in [0.15, 0.2) is 53.4 Å². The van der Waals surface area contributed by atoms with Gasteiger partial charge in [-0.2, -0.15) is 0 Å². The van der Waals surface area contributed by atoms with Crippen molar-refractivity contribution < 1.29 is 17.9 Å². The van der Waals surface area contributed by atoms with Gasteiger partial charge in [0.25, 0.3) is 0 Å². The third-order valence-corrected chi connectivity index (χ3v) is 6.78. The molecule has 1 aliphatic heterocycles. The second-order valence-electron chi connectivity index (χ2n) is 6.59. The van der Waals surface area contributed by atoms with Gasteiger partial charge in [-0.25, -0.2) is 8.42 Å². The molecular weight excluding hydrogens is 400 g/mol. The molecule has 28 heavy (non-hydrogen) atoms. The van der Waals surface area contributed by atoms with Crippen molar-refractivity contribution in [2.45, 2.75) is 11.3 Å². The number of anilines is 1. The average Bonchev–Trinajstić information content (AvgIpc) is 2.72. The Labute approximate surface area is 170 Å². The van der Waals surface area contributed by atoms with E-state index in [9.17, 15) is 13.2 Å². The van der Waals surface area contributed by atoms with Crippen LogP contribution in [-0.2, 0) is 14.6 Å². The molecule has 8 heteroatoms. The van der Waals surface area contributed by atoms with Gasteiger partial charge in [-0.1, -0.05) is 17.7 Å². The molecule has 0 unspecified atom stereocenters. The molecule has 0 spiro atoms. The summed E-state index contributed by atoms with van der Waals surface area (Å²) in [4.78, 5) is 16.6. The number of hydrogen-bond donors (Lipinski definition) is 0. The van der Waals surface area contributed by atoms with Crippen LogP contribution in [0.2, 0.25) is 5.02 Å². The fourth-order valence-electron chi connectivity index (χ4n) is 3.17. The van der Waals surface area contributed by atoms with Crippen LogP contribution in [0.3, 0.4) is 0 Å². The smallest absolute Gasteiger partial charge is 0.223 e. The molecule has 2 aromatic carbocycles. The molecule has 3 rings (SSSR count). The van der Waals surface area contributed by atoms with Gasteiger partial charge in [-0.15, -0.1) is 0 Å². The number of ether oxygens (including phenoxy) is 1. The second-order valence-corrected chi connectivity index (χ2v) is 9.14. The summed E-state index contributed by atoms with van der Waals surface area (Å²) in [6.07, 6.45) is -0.0223. The normalized spacial score (nSPS) is 14.8. The van der Waals surface area contributed by atoms with Gasteiger partial charge in [0.1, 0.15) is 5.75 Å². The molecule has 1 aliphatic rings. The van der Waals surface area contributed by atoms with Crippen molar-refractivity contribution in [3.63, 3.8) is 0 Å². The molecule has 150 valence electrons. The van der Waals surface area contributed by atoms with Crippen molar-refractivity contribution >= 4 is 33.0 Å². The van der Waals surface area contributed by atoms with E-state index in [2.05, 4.69) is 4.90 Å². The Hall–Kier alpha value is -2.25. The maximum Gasteiger partial charge on any atom is 0.223 e. The number of amides is 1. The summed E-state index contributed by atoms with van der Waals surface area (Å²) in [5.41, 5.74) is 1.03. The Morgan fingerprint density at radius 2 is 1.75 bits per heavy atom. The van der Waals surface area contributed by atoms with Crippen LogP contribution in [0.25, 0.3) is 0 Å². The van der Waals surface area contributed by atoms with E-state index < -0.39 is 9.84 Å². The third kappa shape index (κ3) is 4.97. The number of hydrogen-bond acceptors (Lipinski definition) is 5. The number of halogens is 1. The zero-order chi connectivity index (χ0) is 20.1. The predicted molar refractivity (Wildman–Crippen MR) is 110 cm³/mol. The number of methoxy groups -OCH3 is 1. The first-order valence-corrected chi connectivity index (χ1v) is 11.1. The van der Waals surface area contributed by atoms with E-state index in [4.69, 9.17) is 16.3 Å². The minimum Gasteiger partial charge on any atom is -0.497 e. The summed E-state index contributed by atoms with van der Waals surface area (Å²) >= 11 is 6.04. The molecule has 1 amide bonds. The minimum atomic E-state index is -3.51. The standard InChI is InChI=1S/C20H23ClN2O4S/c1-27-18-5-7-19(8-6-18)28(25,26)14-9-20(24)23-12-10-22(11-13-23)17-4-2-3-16(21)15-17/h2-8,15H,9-14H2,1H3. The Morgan fingerprint density at radius 3 is 2.36 bits per heavy atom. The summed E-state index contributed by atoms with van der Waals surface area (Å²) in [6, 6.07) is 13.8. The van der Waals surface area contributed by atoms with Gasteiger partial charge >= 0.3 is 0 Å². The second kappa shape index (κ2) is 8.84. The van der Waals surface area contributed by atoms with Gasteiger partial charge < -0.3 is 14.5 Å². The highest BCUT2D eigenvalue weighted by molar-refractivity contribution is 7.91. The molecule has 0 radical (unpaired) electrons. The molecular formula is C20H23ClN2O4S. The van der Waals surface area contributed by atoms with Gasteiger partial charge in [-0.05, 0) is 42.5 Å². The van der Waals surface area contributed by atoms with Crippen molar-refractivity contribution in [2.75, 3.05) is 43.9 Å². The number of carbonyl (C=O) groups is 1. The van der Waals surface area contributed by atoms with Gasteiger partial charge in [0, 0.05) is 43.3 Å². The number of carbonyl (C=O) groups excluding carboxylic acids is 1. The maximum atomic E-state index is 12.5. The molecule has 0 bridgehead atoms. The topological polar surface area (TPSA) is 66.9 Å². The molecule has 0 atom stereocenters. The first-order chi connectivity index (χ1) is 13.4. The largest absolute Gasteiger partial charge is 0.497 e. The lowest BCUT2D eigenvalue weighted by Gasteiger charge is -2.36. The van der Waals surface area contributed by atoms with Crippen LogP contribution in [-0.4, -0.2) is 58.3 Å². The number of sulfone groups is 1. The van der Waals surface area contributed by atoms with Crippen LogP contribution in [0, 0.1) is 0 Å². The van der Waals surface area contributed by atoms with Crippen LogP contribution < -0.4 is 9.64 Å². The first-order valence-electron chi connectivity index (χ1n) is 9.04. The molecule has 6 nitrogen and oxygen atoms in total.